The first-order valence-electron chi connectivity index (χ1n) is 5.59. The van der Waals surface area contributed by atoms with E-state index in [9.17, 15) is 0 Å². The molecule has 5 heteroatoms. The summed E-state index contributed by atoms with van der Waals surface area (Å²) in [5.74, 6) is 0.678. The summed E-state index contributed by atoms with van der Waals surface area (Å²) < 4.78 is 5.33. The molecular weight excluding hydrogens is 238 g/mol. The van der Waals surface area contributed by atoms with E-state index in [1.165, 1.54) is 0 Å². The molecule has 2 heterocycles. The molecule has 0 saturated carbocycles. The highest BCUT2D eigenvalue weighted by atomic mass is 35.5. The number of hydrogen-bond acceptors (Lipinski definition) is 4. The van der Waals surface area contributed by atoms with Gasteiger partial charge >= 0.3 is 0 Å². The van der Waals surface area contributed by atoms with Crippen molar-refractivity contribution >= 4 is 17.4 Å². The van der Waals surface area contributed by atoms with Crippen molar-refractivity contribution in [2.75, 3.05) is 25.2 Å². The largest absolute Gasteiger partial charge is 0.381 e. The summed E-state index contributed by atoms with van der Waals surface area (Å²) in [6.07, 6.45) is 3.55. The summed E-state index contributed by atoms with van der Waals surface area (Å²) in [5, 5.41) is 9.37. The van der Waals surface area contributed by atoms with Crippen molar-refractivity contribution in [2.45, 2.75) is 18.9 Å². The highest BCUT2D eigenvalue weighted by Gasteiger charge is 2.22. The number of hydrogen-bond donors (Lipinski definition) is 0. The number of nitriles is 1. The number of halogens is 1. The van der Waals surface area contributed by atoms with Crippen molar-refractivity contribution in [2.24, 2.45) is 0 Å². The van der Waals surface area contributed by atoms with Gasteiger partial charge in [-0.3, -0.25) is 0 Å². The molecule has 0 amide bonds. The second-order valence-corrected chi connectivity index (χ2v) is 4.44. The van der Waals surface area contributed by atoms with E-state index in [1.54, 1.807) is 12.3 Å². The Kier molecular flexibility index (Phi) is 3.82. The third-order valence-electron chi connectivity index (χ3n) is 3.06. The van der Waals surface area contributed by atoms with Gasteiger partial charge in [0.25, 0.3) is 0 Å². The molecule has 4 nitrogen and oxygen atoms in total. The van der Waals surface area contributed by atoms with Crippen molar-refractivity contribution in [1.29, 1.82) is 5.26 Å². The van der Waals surface area contributed by atoms with E-state index < -0.39 is 0 Å². The van der Waals surface area contributed by atoms with Crippen LogP contribution in [0.5, 0.6) is 0 Å². The predicted molar refractivity (Wildman–Crippen MR) is 66.2 cm³/mol. The number of pyridine rings is 1. The number of aromatic nitrogens is 1. The van der Waals surface area contributed by atoms with Crippen LogP contribution >= 0.6 is 11.6 Å². The maximum atomic E-state index is 8.93. The molecule has 0 aliphatic carbocycles. The van der Waals surface area contributed by atoms with Crippen LogP contribution in [0.4, 0.5) is 5.82 Å². The molecule has 90 valence electrons. The van der Waals surface area contributed by atoms with E-state index in [1.807, 2.05) is 11.9 Å². The molecule has 1 aliphatic heterocycles. The summed E-state index contributed by atoms with van der Waals surface area (Å²) in [5.41, 5.74) is 0.468. The van der Waals surface area contributed by atoms with E-state index in [-0.39, 0.29) is 0 Å². The maximum absolute atomic E-state index is 8.93. The second kappa shape index (κ2) is 5.35. The molecule has 0 radical (unpaired) electrons. The summed E-state index contributed by atoms with van der Waals surface area (Å²) in [4.78, 5) is 6.31. The van der Waals surface area contributed by atoms with Gasteiger partial charge in [0.2, 0.25) is 0 Å². The van der Waals surface area contributed by atoms with Crippen LogP contribution in [-0.4, -0.2) is 31.3 Å². The lowest BCUT2D eigenvalue weighted by Crippen LogP contribution is -2.37. The Balaban J connectivity index is 2.24. The molecule has 1 aromatic rings. The number of ether oxygens (including phenoxy) is 1. The van der Waals surface area contributed by atoms with Gasteiger partial charge in [-0.2, -0.15) is 5.26 Å². The van der Waals surface area contributed by atoms with Crippen LogP contribution < -0.4 is 4.90 Å². The summed E-state index contributed by atoms with van der Waals surface area (Å²) in [6.45, 7) is 1.54. The quantitative estimate of drug-likeness (QED) is 0.809. The highest BCUT2D eigenvalue weighted by molar-refractivity contribution is 6.34. The number of anilines is 1. The fraction of sp³-hybridized carbons (Fsp3) is 0.500. The first-order chi connectivity index (χ1) is 8.24. The lowest BCUT2D eigenvalue weighted by molar-refractivity contribution is 0.0853. The molecule has 1 fully saturated rings. The molecule has 1 saturated heterocycles. The van der Waals surface area contributed by atoms with Gasteiger partial charge in [-0.1, -0.05) is 11.6 Å². The molecule has 0 bridgehead atoms. The molecule has 0 N–H and O–H groups in total. The first kappa shape index (κ1) is 12.2. The number of rotatable bonds is 2. The van der Waals surface area contributed by atoms with Crippen LogP contribution in [0.15, 0.2) is 12.3 Å². The molecule has 2 rings (SSSR count). The van der Waals surface area contributed by atoms with Crippen LogP contribution in [0.3, 0.4) is 0 Å². The van der Waals surface area contributed by atoms with Crippen LogP contribution in [0, 0.1) is 11.3 Å². The topological polar surface area (TPSA) is 49.2 Å². The van der Waals surface area contributed by atoms with Gasteiger partial charge in [0.1, 0.15) is 16.9 Å². The third-order valence-corrected chi connectivity index (χ3v) is 3.44. The van der Waals surface area contributed by atoms with Crippen molar-refractivity contribution in [1.82, 2.24) is 4.98 Å². The van der Waals surface area contributed by atoms with E-state index in [0.29, 0.717) is 22.4 Å². The van der Waals surface area contributed by atoms with Gasteiger partial charge in [0.05, 0.1) is 5.56 Å². The molecular formula is C12H14ClN3O. The molecule has 1 aliphatic rings. The fourth-order valence-electron chi connectivity index (χ4n) is 2.01. The molecule has 0 atom stereocenters. The van der Waals surface area contributed by atoms with Gasteiger partial charge in [-0.25, -0.2) is 4.98 Å². The van der Waals surface area contributed by atoms with Crippen molar-refractivity contribution in [3.8, 4) is 6.07 Å². The Morgan fingerprint density at radius 2 is 2.24 bits per heavy atom. The van der Waals surface area contributed by atoms with E-state index in [0.717, 1.165) is 26.1 Å². The van der Waals surface area contributed by atoms with E-state index in [2.05, 4.69) is 11.1 Å². The zero-order chi connectivity index (χ0) is 12.3. The molecule has 0 spiro atoms. The van der Waals surface area contributed by atoms with Crippen molar-refractivity contribution < 1.29 is 4.74 Å². The zero-order valence-electron chi connectivity index (χ0n) is 9.69. The van der Waals surface area contributed by atoms with Crippen LogP contribution in [0.2, 0.25) is 5.02 Å². The Morgan fingerprint density at radius 1 is 1.53 bits per heavy atom. The summed E-state index contributed by atoms with van der Waals surface area (Å²) in [7, 11) is 1.96. The Labute approximate surface area is 106 Å². The minimum absolute atomic E-state index is 0.377. The SMILES string of the molecule is CN(c1nccc(C#N)c1Cl)C1CCOCC1. The highest BCUT2D eigenvalue weighted by Crippen LogP contribution is 2.28. The predicted octanol–water partition coefficient (Wildman–Crippen LogP) is 2.22. The molecule has 0 aromatic carbocycles. The lowest BCUT2D eigenvalue weighted by atomic mass is 10.1. The van der Waals surface area contributed by atoms with E-state index in [4.69, 9.17) is 21.6 Å². The van der Waals surface area contributed by atoms with Gasteiger partial charge in [0.15, 0.2) is 0 Å². The standard InChI is InChI=1S/C12H14ClN3O/c1-16(10-3-6-17-7-4-10)12-11(13)9(8-14)2-5-15-12/h2,5,10H,3-4,6-7H2,1H3. The average molecular weight is 252 g/mol. The minimum atomic E-state index is 0.377. The van der Waals surface area contributed by atoms with Gasteiger partial charge in [-0.05, 0) is 18.9 Å². The summed E-state index contributed by atoms with van der Waals surface area (Å²) in [6, 6.07) is 4.08. The van der Waals surface area contributed by atoms with E-state index >= 15 is 0 Å². The van der Waals surface area contributed by atoms with Crippen molar-refractivity contribution in [3.63, 3.8) is 0 Å². The normalized spacial score (nSPS) is 16.5. The zero-order valence-corrected chi connectivity index (χ0v) is 10.4. The van der Waals surface area contributed by atoms with Crippen LogP contribution in [-0.2, 0) is 4.74 Å². The smallest absolute Gasteiger partial charge is 0.148 e. The average Bonchev–Trinajstić information content (AvgIpc) is 2.39. The van der Waals surface area contributed by atoms with Crippen LogP contribution in [0.1, 0.15) is 18.4 Å². The fourth-order valence-corrected chi connectivity index (χ4v) is 2.30. The third kappa shape index (κ3) is 2.51. The molecule has 17 heavy (non-hydrogen) atoms. The first-order valence-corrected chi connectivity index (χ1v) is 5.97. The molecule has 0 unspecified atom stereocenters. The van der Waals surface area contributed by atoms with Crippen molar-refractivity contribution in [3.05, 3.63) is 22.8 Å². The minimum Gasteiger partial charge on any atom is -0.381 e. The van der Waals surface area contributed by atoms with Crippen LogP contribution in [0.25, 0.3) is 0 Å². The Morgan fingerprint density at radius 3 is 2.88 bits per heavy atom. The Hall–Kier alpha value is -1.31. The number of nitrogens with zero attached hydrogens (tertiary/aromatic N) is 3. The van der Waals surface area contributed by atoms with Gasteiger partial charge in [0, 0.05) is 32.5 Å². The summed E-state index contributed by atoms with van der Waals surface area (Å²) >= 11 is 6.17. The molecule has 1 aromatic heterocycles. The monoisotopic (exact) mass is 251 g/mol. The van der Waals surface area contributed by atoms with Gasteiger partial charge < -0.3 is 9.64 Å². The maximum Gasteiger partial charge on any atom is 0.148 e. The lowest BCUT2D eigenvalue weighted by Gasteiger charge is -2.32. The Bertz CT molecular complexity index is 438. The second-order valence-electron chi connectivity index (χ2n) is 4.06. The van der Waals surface area contributed by atoms with Gasteiger partial charge in [-0.15, -0.1) is 0 Å².